The molecule has 0 aliphatic carbocycles. The Kier molecular flexibility index (Phi) is 2.55. The van der Waals surface area contributed by atoms with Crippen LogP contribution in [0.15, 0.2) is 22.6 Å². The molecule has 0 saturated carbocycles. The number of aryl methyl sites for hydroxylation is 1. The first kappa shape index (κ1) is 11.2. The van der Waals surface area contributed by atoms with Crippen molar-refractivity contribution in [2.75, 3.05) is 0 Å². The van der Waals surface area contributed by atoms with Crippen LogP contribution >= 0.6 is 0 Å². The van der Waals surface area contributed by atoms with E-state index in [1.807, 2.05) is 0 Å². The van der Waals surface area contributed by atoms with Crippen LogP contribution in [0.2, 0.25) is 0 Å². The lowest BCUT2D eigenvalue weighted by Crippen LogP contribution is -2.11. The number of hydrogen-bond acceptors (Lipinski definition) is 2. The molecule has 1 aromatic heterocycles. The van der Waals surface area contributed by atoms with Gasteiger partial charge in [-0.3, -0.25) is 0 Å². The summed E-state index contributed by atoms with van der Waals surface area (Å²) in [5.41, 5.74) is 9.20. The van der Waals surface area contributed by atoms with Crippen LogP contribution < -0.4 is 5.73 Å². The summed E-state index contributed by atoms with van der Waals surface area (Å²) in [7, 11) is 0. The summed E-state index contributed by atoms with van der Waals surface area (Å²) >= 11 is 0. The topological polar surface area (TPSA) is 39.2 Å². The Bertz CT molecular complexity index is 517. The fourth-order valence-corrected chi connectivity index (χ4v) is 2.00. The molecular formula is C14H19NO. The number of benzene rings is 1. The van der Waals surface area contributed by atoms with Gasteiger partial charge in [0, 0.05) is 10.9 Å². The van der Waals surface area contributed by atoms with Crippen LogP contribution in [0.25, 0.3) is 11.0 Å². The molecule has 0 aliphatic rings. The van der Waals surface area contributed by atoms with E-state index >= 15 is 0 Å². The molecule has 0 bridgehead atoms. The maximum atomic E-state index is 5.83. The van der Waals surface area contributed by atoms with Crippen molar-refractivity contribution >= 4 is 11.0 Å². The summed E-state index contributed by atoms with van der Waals surface area (Å²) in [4.78, 5) is 0. The summed E-state index contributed by atoms with van der Waals surface area (Å²) in [6.45, 7) is 9.15. The van der Waals surface area contributed by atoms with Gasteiger partial charge in [0.25, 0.3) is 0 Å². The molecule has 0 amide bonds. The molecule has 2 N–H and O–H groups in total. The van der Waals surface area contributed by atoms with E-state index in [9.17, 15) is 0 Å². The third-order valence-electron chi connectivity index (χ3n) is 2.96. The van der Waals surface area contributed by atoms with Gasteiger partial charge in [0.15, 0.2) is 0 Å². The highest BCUT2D eigenvalue weighted by Crippen LogP contribution is 2.33. The van der Waals surface area contributed by atoms with Gasteiger partial charge < -0.3 is 10.2 Å². The highest BCUT2D eigenvalue weighted by atomic mass is 16.3. The number of fused-ring (bicyclic) bond motifs is 1. The molecule has 0 aliphatic heterocycles. The Morgan fingerprint density at radius 1 is 1.25 bits per heavy atom. The first-order chi connectivity index (χ1) is 7.43. The third-order valence-corrected chi connectivity index (χ3v) is 2.96. The van der Waals surface area contributed by atoms with Crippen LogP contribution in [0.3, 0.4) is 0 Å². The lowest BCUT2D eigenvalue weighted by Gasteiger charge is -2.19. The summed E-state index contributed by atoms with van der Waals surface area (Å²) in [6.07, 6.45) is 0. The highest BCUT2D eigenvalue weighted by molar-refractivity contribution is 5.85. The van der Waals surface area contributed by atoms with E-state index in [1.54, 1.807) is 0 Å². The second-order valence-electron chi connectivity index (χ2n) is 5.34. The molecule has 0 radical (unpaired) electrons. The van der Waals surface area contributed by atoms with Gasteiger partial charge in [0.05, 0.1) is 6.54 Å². The first-order valence-electron chi connectivity index (χ1n) is 5.66. The number of furan rings is 1. The predicted octanol–water partition coefficient (Wildman–Crippen LogP) is 3.50. The quantitative estimate of drug-likeness (QED) is 0.794. The molecule has 1 aromatic carbocycles. The minimum Gasteiger partial charge on any atom is -0.459 e. The van der Waals surface area contributed by atoms with Crippen LogP contribution in [-0.4, -0.2) is 0 Å². The molecule has 1 heterocycles. The Hall–Kier alpha value is -1.28. The minimum atomic E-state index is 0.0929. The Morgan fingerprint density at radius 3 is 2.50 bits per heavy atom. The summed E-state index contributed by atoms with van der Waals surface area (Å²) < 4.78 is 5.83. The SMILES string of the molecule is Cc1ccc(C(C)(C)C)c2oc(CN)cc12. The number of rotatable bonds is 1. The van der Waals surface area contributed by atoms with Crippen LogP contribution in [0.5, 0.6) is 0 Å². The van der Waals surface area contributed by atoms with Crippen LogP contribution in [-0.2, 0) is 12.0 Å². The standard InChI is InChI=1S/C14H19NO/c1-9-5-6-12(14(2,3)4)13-11(9)7-10(8-15)16-13/h5-7H,8,15H2,1-4H3. The van der Waals surface area contributed by atoms with Crippen LogP contribution in [0.1, 0.15) is 37.7 Å². The van der Waals surface area contributed by atoms with Gasteiger partial charge in [-0.25, -0.2) is 0 Å². The first-order valence-corrected chi connectivity index (χ1v) is 5.66. The molecule has 0 saturated heterocycles. The van der Waals surface area contributed by atoms with Gasteiger partial charge in [0.2, 0.25) is 0 Å². The van der Waals surface area contributed by atoms with E-state index in [0.29, 0.717) is 6.54 Å². The summed E-state index contributed by atoms with van der Waals surface area (Å²) in [6, 6.07) is 6.36. The van der Waals surface area contributed by atoms with Gasteiger partial charge in [-0.15, -0.1) is 0 Å². The monoisotopic (exact) mass is 217 g/mol. The molecule has 2 nitrogen and oxygen atoms in total. The zero-order chi connectivity index (χ0) is 11.9. The van der Waals surface area contributed by atoms with E-state index in [0.717, 1.165) is 11.3 Å². The van der Waals surface area contributed by atoms with Crippen molar-refractivity contribution in [3.63, 3.8) is 0 Å². The zero-order valence-electron chi connectivity index (χ0n) is 10.4. The Labute approximate surface area is 96.4 Å². The van der Waals surface area contributed by atoms with Gasteiger partial charge >= 0.3 is 0 Å². The van der Waals surface area contributed by atoms with Crippen LogP contribution in [0, 0.1) is 6.92 Å². The molecule has 86 valence electrons. The van der Waals surface area contributed by atoms with E-state index < -0.39 is 0 Å². The second kappa shape index (κ2) is 3.63. The Morgan fingerprint density at radius 2 is 1.94 bits per heavy atom. The lowest BCUT2D eigenvalue weighted by molar-refractivity contribution is 0.527. The minimum absolute atomic E-state index is 0.0929. The van der Waals surface area contributed by atoms with Crippen molar-refractivity contribution in [3.8, 4) is 0 Å². The number of nitrogens with two attached hydrogens (primary N) is 1. The van der Waals surface area contributed by atoms with E-state index in [1.165, 1.54) is 16.5 Å². The smallest absolute Gasteiger partial charge is 0.138 e. The van der Waals surface area contributed by atoms with E-state index in [-0.39, 0.29) is 5.41 Å². The van der Waals surface area contributed by atoms with Gasteiger partial charge in [-0.05, 0) is 24.0 Å². The largest absolute Gasteiger partial charge is 0.459 e. The fourth-order valence-electron chi connectivity index (χ4n) is 2.00. The van der Waals surface area contributed by atoms with Gasteiger partial charge in [0.1, 0.15) is 11.3 Å². The van der Waals surface area contributed by atoms with Crippen molar-refractivity contribution in [2.45, 2.75) is 39.7 Å². The summed E-state index contributed by atoms with van der Waals surface area (Å²) in [5.74, 6) is 0.856. The van der Waals surface area contributed by atoms with Crippen molar-refractivity contribution in [2.24, 2.45) is 5.73 Å². The third kappa shape index (κ3) is 1.74. The average molecular weight is 217 g/mol. The van der Waals surface area contributed by atoms with Crippen molar-refractivity contribution in [1.29, 1.82) is 0 Å². The lowest BCUT2D eigenvalue weighted by atomic mass is 9.85. The molecule has 2 heteroatoms. The van der Waals surface area contributed by atoms with Crippen molar-refractivity contribution < 1.29 is 4.42 Å². The van der Waals surface area contributed by atoms with Gasteiger partial charge in [-0.2, -0.15) is 0 Å². The normalized spacial score (nSPS) is 12.3. The Balaban J connectivity index is 2.77. The number of hydrogen-bond donors (Lipinski definition) is 1. The fraction of sp³-hybridized carbons (Fsp3) is 0.429. The molecule has 2 rings (SSSR count). The predicted molar refractivity (Wildman–Crippen MR) is 67.5 cm³/mol. The molecule has 16 heavy (non-hydrogen) atoms. The second-order valence-corrected chi connectivity index (χ2v) is 5.34. The molecule has 0 atom stereocenters. The summed E-state index contributed by atoms with van der Waals surface area (Å²) in [5, 5.41) is 1.19. The van der Waals surface area contributed by atoms with E-state index in [4.69, 9.17) is 10.2 Å². The average Bonchev–Trinajstić information content (AvgIpc) is 2.60. The molecule has 2 aromatic rings. The molecule has 0 unspecified atom stereocenters. The van der Waals surface area contributed by atoms with Gasteiger partial charge in [-0.1, -0.05) is 32.9 Å². The maximum Gasteiger partial charge on any atom is 0.138 e. The van der Waals surface area contributed by atoms with Crippen molar-refractivity contribution in [1.82, 2.24) is 0 Å². The highest BCUT2D eigenvalue weighted by Gasteiger charge is 2.20. The molecule has 0 spiro atoms. The molecular weight excluding hydrogens is 198 g/mol. The zero-order valence-corrected chi connectivity index (χ0v) is 10.4. The van der Waals surface area contributed by atoms with E-state index in [2.05, 4.69) is 45.9 Å². The van der Waals surface area contributed by atoms with Crippen molar-refractivity contribution in [3.05, 3.63) is 35.1 Å². The maximum absolute atomic E-state index is 5.83. The van der Waals surface area contributed by atoms with Crippen LogP contribution in [0.4, 0.5) is 0 Å². The molecule has 0 fully saturated rings.